The van der Waals surface area contributed by atoms with Gasteiger partial charge in [0.15, 0.2) is 5.65 Å². The highest BCUT2D eigenvalue weighted by Gasteiger charge is 2.29. The minimum Gasteiger partial charge on any atom is -0.357 e. The van der Waals surface area contributed by atoms with Gasteiger partial charge in [-0.05, 0) is 61.8 Å². The van der Waals surface area contributed by atoms with Gasteiger partial charge in [-0.1, -0.05) is 72.4 Å². The standard InChI is InChI=1S/2C18H17Cl2FN4/c1-11-6-9-24(10-7-11)18-16(15-12(19)3-2-4-13(15)21)17(20)23-14-5-8-22-25(14)18;1-11-5-8-24(9-6-11)17-15(14-12(19)3-2-4-13(14)21)16(20)23-18-22-7-10-25(17)18/h2-5,8,11H,6-7,9-10H2,1H3;2-4,7,10-11H,5-6,8-9H2,1H3. The summed E-state index contributed by atoms with van der Waals surface area (Å²) in [4.78, 5) is 17.4. The minimum absolute atomic E-state index is 0.208. The van der Waals surface area contributed by atoms with E-state index in [1.165, 1.54) is 12.1 Å². The predicted octanol–water partition coefficient (Wildman–Crippen LogP) is 10.2. The molecule has 6 heterocycles. The molecule has 50 heavy (non-hydrogen) atoms. The molecule has 2 aliphatic rings. The first-order valence-corrected chi connectivity index (χ1v) is 18.1. The van der Waals surface area contributed by atoms with Crippen LogP contribution in [0.2, 0.25) is 20.4 Å². The Morgan fingerprint density at radius 3 is 1.72 bits per heavy atom. The van der Waals surface area contributed by atoms with E-state index in [1.807, 2.05) is 10.6 Å². The van der Waals surface area contributed by atoms with E-state index < -0.39 is 11.6 Å². The zero-order valence-corrected chi connectivity index (χ0v) is 30.5. The van der Waals surface area contributed by atoms with Crippen molar-refractivity contribution in [3.8, 4) is 22.3 Å². The van der Waals surface area contributed by atoms with Crippen LogP contribution in [0.15, 0.2) is 61.1 Å². The molecule has 0 amide bonds. The van der Waals surface area contributed by atoms with Crippen molar-refractivity contribution in [2.45, 2.75) is 39.5 Å². The number of benzene rings is 2. The quantitative estimate of drug-likeness (QED) is 0.167. The molecule has 2 aromatic carbocycles. The van der Waals surface area contributed by atoms with Gasteiger partial charge in [0, 0.05) is 55.8 Å². The van der Waals surface area contributed by atoms with Gasteiger partial charge in [0.2, 0.25) is 5.78 Å². The van der Waals surface area contributed by atoms with Crippen LogP contribution < -0.4 is 9.80 Å². The highest BCUT2D eigenvalue weighted by molar-refractivity contribution is 6.37. The van der Waals surface area contributed by atoms with Gasteiger partial charge >= 0.3 is 0 Å². The third-order valence-electron chi connectivity index (χ3n) is 9.54. The number of hydrogen-bond acceptors (Lipinski definition) is 6. The average Bonchev–Trinajstić information content (AvgIpc) is 3.75. The first kappa shape index (κ1) is 34.7. The number of nitrogens with zero attached hydrogens (tertiary/aromatic N) is 8. The number of piperidine rings is 2. The number of imidazole rings is 1. The molecule has 0 spiro atoms. The second kappa shape index (κ2) is 14.5. The Balaban J connectivity index is 0.000000157. The summed E-state index contributed by atoms with van der Waals surface area (Å²) in [6.45, 7) is 7.94. The molecule has 0 unspecified atom stereocenters. The topological polar surface area (TPSA) is 66.9 Å². The van der Waals surface area contributed by atoms with Crippen molar-refractivity contribution in [2.24, 2.45) is 11.8 Å². The van der Waals surface area contributed by atoms with Crippen molar-refractivity contribution in [3.05, 3.63) is 93.0 Å². The van der Waals surface area contributed by atoms with Gasteiger partial charge in [-0.3, -0.25) is 4.40 Å². The third-order valence-corrected chi connectivity index (χ3v) is 10.7. The molecule has 14 heteroatoms. The van der Waals surface area contributed by atoms with Crippen LogP contribution in [0.5, 0.6) is 0 Å². The molecule has 260 valence electrons. The molecular formula is C36H34Cl4F2N8. The first-order chi connectivity index (χ1) is 24.1. The van der Waals surface area contributed by atoms with E-state index in [0.29, 0.717) is 44.4 Å². The highest BCUT2D eigenvalue weighted by atomic mass is 35.5. The number of aromatic nitrogens is 6. The third kappa shape index (κ3) is 6.59. The summed E-state index contributed by atoms with van der Waals surface area (Å²) in [5, 5.41) is 5.45. The van der Waals surface area contributed by atoms with E-state index in [-0.39, 0.29) is 21.4 Å². The summed E-state index contributed by atoms with van der Waals surface area (Å²) in [6, 6.07) is 11.0. The van der Waals surface area contributed by atoms with Crippen molar-refractivity contribution < 1.29 is 8.78 Å². The van der Waals surface area contributed by atoms with Crippen LogP contribution in [0.3, 0.4) is 0 Å². The molecule has 8 rings (SSSR count). The number of halogens is 6. The van der Waals surface area contributed by atoms with Gasteiger partial charge in [0.1, 0.15) is 33.6 Å². The SMILES string of the molecule is CC1CCN(c2c(-c3c(F)cccc3Cl)c(Cl)nc3ccnn23)CC1.CC1CCN(c2c(-c3c(F)cccc3Cl)c(Cl)nc3nccn23)CC1. The zero-order valence-electron chi connectivity index (χ0n) is 27.4. The molecular weight excluding hydrogens is 724 g/mol. The normalized spacial score (nSPS) is 15.9. The second-order valence-corrected chi connectivity index (χ2v) is 14.5. The van der Waals surface area contributed by atoms with Gasteiger partial charge in [0.25, 0.3) is 0 Å². The summed E-state index contributed by atoms with van der Waals surface area (Å²) in [5.74, 6) is 2.55. The molecule has 2 fully saturated rings. The zero-order chi connectivity index (χ0) is 35.1. The molecule has 0 aliphatic carbocycles. The molecule has 0 saturated carbocycles. The Hall–Kier alpha value is -3.70. The fourth-order valence-corrected chi connectivity index (χ4v) is 7.78. The molecule has 0 bridgehead atoms. The van der Waals surface area contributed by atoms with E-state index in [4.69, 9.17) is 46.4 Å². The van der Waals surface area contributed by atoms with Crippen LogP contribution in [0, 0.1) is 23.5 Å². The molecule has 0 atom stereocenters. The lowest BCUT2D eigenvalue weighted by Gasteiger charge is -2.34. The summed E-state index contributed by atoms with van der Waals surface area (Å²) >= 11 is 25.6. The number of fused-ring (bicyclic) bond motifs is 2. The molecule has 0 radical (unpaired) electrons. The lowest BCUT2D eigenvalue weighted by Crippen LogP contribution is -2.35. The fourth-order valence-electron chi connectivity index (χ4n) is 6.75. The highest BCUT2D eigenvalue weighted by Crippen LogP contribution is 2.44. The molecule has 8 nitrogen and oxygen atoms in total. The van der Waals surface area contributed by atoms with E-state index in [0.717, 1.165) is 63.5 Å². The molecule has 0 N–H and O–H groups in total. The Bertz CT molecular complexity index is 1980. The van der Waals surface area contributed by atoms with Gasteiger partial charge < -0.3 is 9.80 Å². The average molecular weight is 759 g/mol. The first-order valence-electron chi connectivity index (χ1n) is 16.6. The summed E-state index contributed by atoms with van der Waals surface area (Å²) in [5.41, 5.74) is 2.20. The van der Waals surface area contributed by atoms with E-state index in [9.17, 15) is 8.78 Å². The fraction of sp³-hybridized carbons (Fsp3) is 0.333. The monoisotopic (exact) mass is 756 g/mol. The smallest absolute Gasteiger partial charge is 0.236 e. The van der Waals surface area contributed by atoms with Gasteiger partial charge in [-0.15, -0.1) is 0 Å². The summed E-state index contributed by atoms with van der Waals surface area (Å²) in [6.07, 6.45) is 9.43. The van der Waals surface area contributed by atoms with Crippen molar-refractivity contribution in [1.82, 2.24) is 29.0 Å². The Morgan fingerprint density at radius 1 is 0.640 bits per heavy atom. The van der Waals surface area contributed by atoms with Gasteiger partial charge in [0.05, 0.1) is 27.4 Å². The van der Waals surface area contributed by atoms with E-state index >= 15 is 0 Å². The molecule has 4 aromatic heterocycles. The Kier molecular flexibility index (Phi) is 10.1. The number of hydrogen-bond donors (Lipinski definition) is 0. The van der Waals surface area contributed by atoms with Gasteiger partial charge in [-0.2, -0.15) is 14.6 Å². The molecule has 2 aliphatic heterocycles. The largest absolute Gasteiger partial charge is 0.357 e. The van der Waals surface area contributed by atoms with E-state index in [2.05, 4.69) is 43.7 Å². The summed E-state index contributed by atoms with van der Waals surface area (Å²) < 4.78 is 32.9. The molecule has 2 saturated heterocycles. The van der Waals surface area contributed by atoms with Crippen LogP contribution in [-0.4, -0.2) is 55.1 Å². The lowest BCUT2D eigenvalue weighted by atomic mass is 9.98. The second-order valence-electron chi connectivity index (χ2n) is 12.9. The van der Waals surface area contributed by atoms with Crippen LogP contribution in [0.1, 0.15) is 39.5 Å². The van der Waals surface area contributed by atoms with Crippen LogP contribution in [-0.2, 0) is 0 Å². The Morgan fingerprint density at radius 2 is 1.16 bits per heavy atom. The van der Waals surface area contributed by atoms with Crippen molar-refractivity contribution in [2.75, 3.05) is 36.0 Å². The lowest BCUT2D eigenvalue weighted by molar-refractivity contribution is 0.435. The van der Waals surface area contributed by atoms with Crippen molar-refractivity contribution >= 4 is 69.5 Å². The maximum atomic E-state index is 14.6. The minimum atomic E-state index is -0.422. The van der Waals surface area contributed by atoms with Crippen molar-refractivity contribution in [3.63, 3.8) is 0 Å². The maximum absolute atomic E-state index is 14.6. The predicted molar refractivity (Wildman–Crippen MR) is 198 cm³/mol. The Labute approximate surface area is 308 Å². The van der Waals surface area contributed by atoms with Crippen LogP contribution in [0.4, 0.5) is 20.4 Å². The van der Waals surface area contributed by atoms with E-state index in [1.54, 1.807) is 47.2 Å². The van der Waals surface area contributed by atoms with Gasteiger partial charge in [-0.25, -0.2) is 18.7 Å². The number of rotatable bonds is 4. The summed E-state index contributed by atoms with van der Waals surface area (Å²) in [7, 11) is 0. The van der Waals surface area contributed by atoms with Crippen LogP contribution >= 0.6 is 46.4 Å². The molecule has 6 aromatic rings. The van der Waals surface area contributed by atoms with Crippen LogP contribution in [0.25, 0.3) is 33.7 Å². The maximum Gasteiger partial charge on any atom is 0.236 e. The number of anilines is 2. The van der Waals surface area contributed by atoms with Crippen molar-refractivity contribution in [1.29, 1.82) is 0 Å².